The van der Waals surface area contributed by atoms with E-state index in [1.807, 2.05) is 36.4 Å². The molecule has 0 saturated carbocycles. The molecule has 0 spiro atoms. The Labute approximate surface area is 196 Å². The van der Waals surface area contributed by atoms with Gasteiger partial charge in [-0.2, -0.15) is 0 Å². The summed E-state index contributed by atoms with van der Waals surface area (Å²) in [6, 6.07) is 15.0. The van der Waals surface area contributed by atoms with Gasteiger partial charge in [0.15, 0.2) is 5.13 Å². The Kier molecular flexibility index (Phi) is 9.10. The molecule has 31 heavy (non-hydrogen) atoms. The van der Waals surface area contributed by atoms with Crippen molar-refractivity contribution in [2.45, 2.75) is 11.3 Å². The molecule has 4 rings (SSSR count). The van der Waals surface area contributed by atoms with Gasteiger partial charge in [-0.15, -0.1) is 24.2 Å². The quantitative estimate of drug-likeness (QED) is 0.436. The van der Waals surface area contributed by atoms with E-state index in [4.69, 9.17) is 4.74 Å². The Morgan fingerprint density at radius 2 is 1.94 bits per heavy atom. The number of hydrogen-bond acceptors (Lipinski definition) is 6. The molecular weight excluding hydrogens is 457 g/mol. The number of para-hydroxylation sites is 1. The lowest BCUT2D eigenvalue weighted by Gasteiger charge is -2.29. The number of rotatable bonds is 8. The number of thiazole rings is 1. The van der Waals surface area contributed by atoms with Gasteiger partial charge in [-0.1, -0.05) is 35.6 Å². The molecule has 1 saturated heterocycles. The maximum Gasteiger partial charge on any atom is 0.229 e. The molecule has 0 aliphatic carbocycles. The molecule has 0 N–H and O–H groups in total. The molecular formula is C22H25ClFN3O2S2. The van der Waals surface area contributed by atoms with E-state index in [2.05, 4.69) is 9.88 Å². The summed E-state index contributed by atoms with van der Waals surface area (Å²) in [6.45, 7) is 4.44. The average molecular weight is 482 g/mol. The minimum absolute atomic E-state index is 0. The predicted molar refractivity (Wildman–Crippen MR) is 128 cm³/mol. The third kappa shape index (κ3) is 6.40. The van der Waals surface area contributed by atoms with E-state index in [-0.39, 0.29) is 24.1 Å². The van der Waals surface area contributed by atoms with Crippen LogP contribution in [0.1, 0.15) is 6.42 Å². The molecule has 2 aromatic carbocycles. The molecule has 1 aromatic heterocycles. The van der Waals surface area contributed by atoms with Crippen molar-refractivity contribution in [3.05, 3.63) is 54.3 Å². The second kappa shape index (κ2) is 11.8. The number of aromatic nitrogens is 1. The van der Waals surface area contributed by atoms with Gasteiger partial charge in [-0.25, -0.2) is 9.37 Å². The summed E-state index contributed by atoms with van der Waals surface area (Å²) >= 11 is 3.03. The first-order valence-electron chi connectivity index (χ1n) is 10.0. The molecule has 2 heterocycles. The van der Waals surface area contributed by atoms with E-state index in [0.29, 0.717) is 42.6 Å². The summed E-state index contributed by atoms with van der Waals surface area (Å²) in [4.78, 5) is 22.7. The van der Waals surface area contributed by atoms with E-state index >= 15 is 0 Å². The van der Waals surface area contributed by atoms with Crippen molar-refractivity contribution in [1.82, 2.24) is 9.88 Å². The van der Waals surface area contributed by atoms with Crippen molar-refractivity contribution in [3.8, 4) is 0 Å². The predicted octanol–water partition coefficient (Wildman–Crippen LogP) is 4.70. The lowest BCUT2D eigenvalue weighted by Crippen LogP contribution is -2.43. The fraction of sp³-hybridized carbons (Fsp3) is 0.364. The maximum atomic E-state index is 14.1. The summed E-state index contributed by atoms with van der Waals surface area (Å²) in [5, 5.41) is 0.568. The van der Waals surface area contributed by atoms with Crippen molar-refractivity contribution >= 4 is 56.8 Å². The van der Waals surface area contributed by atoms with Gasteiger partial charge in [0.1, 0.15) is 11.3 Å². The Morgan fingerprint density at radius 3 is 2.68 bits per heavy atom. The number of thioether (sulfide) groups is 1. The molecule has 1 aliphatic heterocycles. The van der Waals surface area contributed by atoms with E-state index in [9.17, 15) is 9.18 Å². The molecule has 5 nitrogen and oxygen atoms in total. The number of halogens is 2. The number of amides is 1. The standard InChI is InChI=1S/C22H24FN3O2S2.ClH/c23-18-7-4-8-19-21(18)24-22(30-19)26(11-10-25-12-14-28-15-13-25)20(27)9-16-29-17-5-2-1-3-6-17;/h1-8H,9-16H2;1H. The fourth-order valence-electron chi connectivity index (χ4n) is 3.32. The van der Waals surface area contributed by atoms with Crippen LogP contribution in [-0.4, -0.2) is 60.9 Å². The summed E-state index contributed by atoms with van der Waals surface area (Å²) in [5.41, 5.74) is 0.334. The second-order valence-corrected chi connectivity index (χ2v) is 9.17. The molecule has 0 radical (unpaired) electrons. The Balaban J connectivity index is 0.00000272. The first kappa shape index (κ1) is 23.9. The zero-order chi connectivity index (χ0) is 20.8. The van der Waals surface area contributed by atoms with Crippen LogP contribution in [0.2, 0.25) is 0 Å². The molecule has 0 bridgehead atoms. The van der Waals surface area contributed by atoms with Crippen molar-refractivity contribution in [3.63, 3.8) is 0 Å². The lowest BCUT2D eigenvalue weighted by molar-refractivity contribution is -0.118. The highest BCUT2D eigenvalue weighted by Crippen LogP contribution is 2.31. The van der Waals surface area contributed by atoms with Gasteiger partial charge < -0.3 is 4.74 Å². The summed E-state index contributed by atoms with van der Waals surface area (Å²) in [5.74, 6) is 0.359. The summed E-state index contributed by atoms with van der Waals surface area (Å²) in [7, 11) is 0. The highest BCUT2D eigenvalue weighted by molar-refractivity contribution is 7.99. The minimum atomic E-state index is -0.352. The van der Waals surface area contributed by atoms with Crippen LogP contribution in [0.25, 0.3) is 10.2 Å². The topological polar surface area (TPSA) is 45.7 Å². The van der Waals surface area contributed by atoms with Gasteiger partial charge in [0.05, 0.1) is 17.9 Å². The molecule has 3 aromatic rings. The number of morpholine rings is 1. The van der Waals surface area contributed by atoms with Crippen LogP contribution in [0.5, 0.6) is 0 Å². The van der Waals surface area contributed by atoms with Gasteiger partial charge in [0.2, 0.25) is 5.91 Å². The zero-order valence-electron chi connectivity index (χ0n) is 17.0. The number of benzene rings is 2. The number of ether oxygens (including phenoxy) is 1. The normalized spacial score (nSPS) is 14.4. The number of anilines is 1. The monoisotopic (exact) mass is 481 g/mol. The number of carbonyl (C=O) groups excluding carboxylic acids is 1. The molecule has 0 unspecified atom stereocenters. The van der Waals surface area contributed by atoms with Gasteiger partial charge in [0.25, 0.3) is 0 Å². The smallest absolute Gasteiger partial charge is 0.229 e. The molecule has 0 atom stereocenters. The van der Waals surface area contributed by atoms with Crippen molar-refractivity contribution in [1.29, 1.82) is 0 Å². The minimum Gasteiger partial charge on any atom is -0.379 e. The second-order valence-electron chi connectivity index (χ2n) is 6.99. The number of nitrogens with zero attached hydrogens (tertiary/aromatic N) is 3. The van der Waals surface area contributed by atoms with Crippen LogP contribution in [0.15, 0.2) is 53.4 Å². The van der Waals surface area contributed by atoms with Gasteiger partial charge in [-0.3, -0.25) is 14.6 Å². The molecule has 1 aliphatic rings. The van der Waals surface area contributed by atoms with Crippen LogP contribution in [0, 0.1) is 5.82 Å². The third-order valence-corrected chi connectivity index (χ3v) is 7.02. The summed E-state index contributed by atoms with van der Waals surface area (Å²) in [6.07, 6.45) is 0.404. The van der Waals surface area contributed by atoms with Gasteiger partial charge in [-0.05, 0) is 24.3 Å². The lowest BCUT2D eigenvalue weighted by atomic mass is 10.3. The van der Waals surface area contributed by atoms with Crippen LogP contribution in [0.3, 0.4) is 0 Å². The van der Waals surface area contributed by atoms with E-state index < -0.39 is 0 Å². The van der Waals surface area contributed by atoms with Crippen LogP contribution >= 0.6 is 35.5 Å². The third-order valence-electron chi connectivity index (χ3n) is 4.96. The van der Waals surface area contributed by atoms with Crippen molar-refractivity contribution < 1.29 is 13.9 Å². The highest BCUT2D eigenvalue weighted by Gasteiger charge is 2.22. The largest absolute Gasteiger partial charge is 0.379 e. The Morgan fingerprint density at radius 1 is 1.16 bits per heavy atom. The van der Waals surface area contributed by atoms with E-state index in [1.54, 1.807) is 22.7 Å². The van der Waals surface area contributed by atoms with Gasteiger partial charge in [0, 0.05) is 43.2 Å². The fourth-order valence-corrected chi connectivity index (χ4v) is 5.21. The van der Waals surface area contributed by atoms with Crippen LogP contribution in [-0.2, 0) is 9.53 Å². The number of fused-ring (bicyclic) bond motifs is 1. The Hall–Kier alpha value is -1.71. The van der Waals surface area contributed by atoms with Crippen LogP contribution in [0.4, 0.5) is 9.52 Å². The zero-order valence-corrected chi connectivity index (χ0v) is 19.5. The van der Waals surface area contributed by atoms with E-state index in [1.165, 1.54) is 17.4 Å². The first-order chi connectivity index (χ1) is 14.7. The van der Waals surface area contributed by atoms with Crippen molar-refractivity contribution in [2.75, 3.05) is 50.0 Å². The highest BCUT2D eigenvalue weighted by atomic mass is 35.5. The SMILES string of the molecule is Cl.O=C(CCSc1ccccc1)N(CCN1CCOCC1)c1nc2c(F)cccc2s1. The molecule has 1 fully saturated rings. The molecule has 1 amide bonds. The number of hydrogen-bond donors (Lipinski definition) is 0. The maximum absolute atomic E-state index is 14.1. The van der Waals surface area contributed by atoms with E-state index in [0.717, 1.165) is 29.2 Å². The Bertz CT molecular complexity index is 983. The first-order valence-corrected chi connectivity index (χ1v) is 11.8. The summed E-state index contributed by atoms with van der Waals surface area (Å²) < 4.78 is 20.3. The molecule has 166 valence electrons. The van der Waals surface area contributed by atoms with Gasteiger partial charge >= 0.3 is 0 Å². The number of carbonyl (C=O) groups is 1. The van der Waals surface area contributed by atoms with Crippen LogP contribution < -0.4 is 4.90 Å². The molecule has 9 heteroatoms. The van der Waals surface area contributed by atoms with Crippen molar-refractivity contribution in [2.24, 2.45) is 0 Å². The average Bonchev–Trinajstić information content (AvgIpc) is 3.21.